The zero-order valence-corrected chi connectivity index (χ0v) is 10.1. The fourth-order valence-electron chi connectivity index (χ4n) is 1.36. The summed E-state index contributed by atoms with van der Waals surface area (Å²) in [5, 5.41) is 3.13. The van der Waals surface area contributed by atoms with Gasteiger partial charge in [0.05, 0.1) is 17.4 Å². The number of nitrogens with zero attached hydrogens (tertiary/aromatic N) is 2. The Labute approximate surface area is 108 Å². The summed E-state index contributed by atoms with van der Waals surface area (Å²) in [4.78, 5) is 8.08. The Morgan fingerprint density at radius 1 is 1.28 bits per heavy atom. The lowest BCUT2D eigenvalue weighted by atomic mass is 10.2. The summed E-state index contributed by atoms with van der Waals surface area (Å²) < 4.78 is 13.0. The monoisotopic (exact) mass is 267 g/mol. The van der Waals surface area contributed by atoms with E-state index >= 15 is 0 Å². The maximum absolute atomic E-state index is 13.0. The van der Waals surface area contributed by atoms with E-state index < -0.39 is 5.82 Å². The van der Waals surface area contributed by atoms with Crippen molar-refractivity contribution in [1.82, 2.24) is 9.97 Å². The van der Waals surface area contributed by atoms with E-state index in [0.717, 1.165) is 5.56 Å². The minimum absolute atomic E-state index is 0.0951. The van der Waals surface area contributed by atoms with Gasteiger partial charge in [-0.3, -0.25) is 4.98 Å². The van der Waals surface area contributed by atoms with E-state index in [4.69, 9.17) is 17.4 Å². The topological polar surface area (TPSA) is 75.9 Å². The minimum Gasteiger partial charge on any atom is -0.365 e. The molecule has 18 heavy (non-hydrogen) atoms. The van der Waals surface area contributed by atoms with Crippen LogP contribution in [0.3, 0.4) is 0 Å². The van der Waals surface area contributed by atoms with E-state index in [1.54, 1.807) is 18.3 Å². The quantitative estimate of drug-likeness (QED) is 0.585. The van der Waals surface area contributed by atoms with Gasteiger partial charge in [-0.25, -0.2) is 15.2 Å². The third-order valence-electron chi connectivity index (χ3n) is 2.24. The van der Waals surface area contributed by atoms with E-state index in [-0.39, 0.29) is 5.02 Å². The molecule has 7 heteroatoms. The zero-order chi connectivity index (χ0) is 13.0. The minimum atomic E-state index is -0.436. The second kappa shape index (κ2) is 5.61. The predicted octanol–water partition coefficient (Wildman–Crippen LogP) is 2.17. The average Bonchev–Trinajstić information content (AvgIpc) is 2.40. The number of halogens is 2. The second-order valence-electron chi connectivity index (χ2n) is 3.54. The highest BCUT2D eigenvalue weighted by molar-refractivity contribution is 6.30. The van der Waals surface area contributed by atoms with Crippen LogP contribution in [0.25, 0.3) is 0 Å². The molecule has 0 bridgehead atoms. The van der Waals surface area contributed by atoms with E-state index in [9.17, 15) is 4.39 Å². The fourth-order valence-corrected chi connectivity index (χ4v) is 1.57. The molecule has 0 saturated carbocycles. The summed E-state index contributed by atoms with van der Waals surface area (Å²) in [6, 6.07) is 4.53. The third-order valence-corrected chi connectivity index (χ3v) is 2.53. The van der Waals surface area contributed by atoms with Crippen LogP contribution in [0.5, 0.6) is 0 Å². The number of hydrogen-bond acceptors (Lipinski definition) is 5. The van der Waals surface area contributed by atoms with Crippen LogP contribution in [0.4, 0.5) is 16.0 Å². The largest absolute Gasteiger partial charge is 0.365 e. The number of nitrogens with one attached hydrogen (secondary N) is 2. The molecule has 0 aliphatic rings. The average molecular weight is 268 g/mol. The Morgan fingerprint density at radius 2 is 2.06 bits per heavy atom. The van der Waals surface area contributed by atoms with Gasteiger partial charge in [0.25, 0.3) is 0 Å². The fraction of sp³-hybridized carbons (Fsp3) is 0.0909. The summed E-state index contributed by atoms with van der Waals surface area (Å²) in [6.45, 7) is 0.461. The maximum atomic E-state index is 13.0. The molecule has 0 atom stereocenters. The molecule has 5 nitrogen and oxygen atoms in total. The molecule has 1 aromatic heterocycles. The van der Waals surface area contributed by atoms with Gasteiger partial charge in [-0.1, -0.05) is 17.7 Å². The standard InChI is InChI=1S/C11H11ClFN5/c12-8-3-7(1-2-9(8)13)4-16-10-5-15-6-11(17-10)18-14/h1-3,5-6H,4,14H2,(H2,16,17,18). The number of aromatic nitrogens is 2. The molecule has 0 spiro atoms. The summed E-state index contributed by atoms with van der Waals surface area (Å²) in [7, 11) is 0. The first-order valence-electron chi connectivity index (χ1n) is 5.15. The first-order valence-corrected chi connectivity index (χ1v) is 5.53. The van der Waals surface area contributed by atoms with Crippen LogP contribution in [0.15, 0.2) is 30.6 Å². The van der Waals surface area contributed by atoms with E-state index in [2.05, 4.69) is 20.7 Å². The number of benzene rings is 1. The number of hydrazine groups is 1. The van der Waals surface area contributed by atoms with Gasteiger partial charge < -0.3 is 10.7 Å². The molecule has 0 saturated heterocycles. The highest BCUT2D eigenvalue weighted by Crippen LogP contribution is 2.16. The predicted molar refractivity (Wildman–Crippen MR) is 68.6 cm³/mol. The summed E-state index contributed by atoms with van der Waals surface area (Å²) in [5.41, 5.74) is 3.24. The maximum Gasteiger partial charge on any atom is 0.160 e. The number of nitrogen functional groups attached to an aromatic ring is 1. The molecule has 0 fully saturated rings. The van der Waals surface area contributed by atoms with Gasteiger partial charge in [-0.05, 0) is 17.7 Å². The molecule has 4 N–H and O–H groups in total. The molecule has 0 aliphatic heterocycles. The molecule has 0 aliphatic carbocycles. The van der Waals surface area contributed by atoms with Crippen LogP contribution in [0, 0.1) is 5.82 Å². The molecule has 0 unspecified atom stereocenters. The molecule has 0 radical (unpaired) electrons. The summed E-state index contributed by atoms with van der Waals surface area (Å²) in [5.74, 6) is 5.80. The second-order valence-corrected chi connectivity index (χ2v) is 3.94. The number of hydrogen-bond donors (Lipinski definition) is 3. The van der Waals surface area contributed by atoms with E-state index in [1.165, 1.54) is 12.3 Å². The van der Waals surface area contributed by atoms with Gasteiger partial charge in [-0.15, -0.1) is 0 Å². The van der Waals surface area contributed by atoms with Gasteiger partial charge in [0.2, 0.25) is 0 Å². The van der Waals surface area contributed by atoms with Crippen molar-refractivity contribution in [2.45, 2.75) is 6.54 Å². The van der Waals surface area contributed by atoms with Gasteiger partial charge in [0.15, 0.2) is 5.82 Å². The zero-order valence-electron chi connectivity index (χ0n) is 9.32. The molecular weight excluding hydrogens is 257 g/mol. The van der Waals surface area contributed by atoms with E-state index in [1.807, 2.05) is 0 Å². The lowest BCUT2D eigenvalue weighted by molar-refractivity contribution is 0.627. The molecule has 0 amide bonds. The van der Waals surface area contributed by atoms with Crippen molar-refractivity contribution < 1.29 is 4.39 Å². The number of anilines is 2. The van der Waals surface area contributed by atoms with Crippen LogP contribution in [0.2, 0.25) is 5.02 Å². The smallest absolute Gasteiger partial charge is 0.160 e. The molecule has 2 rings (SSSR count). The Balaban J connectivity index is 2.04. The first-order chi connectivity index (χ1) is 8.69. The van der Waals surface area contributed by atoms with Crippen molar-refractivity contribution in [3.8, 4) is 0 Å². The molecule has 94 valence electrons. The van der Waals surface area contributed by atoms with Crippen LogP contribution in [-0.4, -0.2) is 9.97 Å². The Bertz CT molecular complexity index is 549. The summed E-state index contributed by atoms with van der Waals surface area (Å²) >= 11 is 5.69. The first kappa shape index (κ1) is 12.5. The highest BCUT2D eigenvalue weighted by Gasteiger charge is 2.02. The van der Waals surface area contributed by atoms with Crippen molar-refractivity contribution in [1.29, 1.82) is 0 Å². The normalized spacial score (nSPS) is 10.2. The van der Waals surface area contributed by atoms with Gasteiger partial charge >= 0.3 is 0 Å². The summed E-state index contributed by atoms with van der Waals surface area (Å²) in [6.07, 6.45) is 3.06. The van der Waals surface area contributed by atoms with Gasteiger partial charge in [0, 0.05) is 6.54 Å². The Kier molecular flexibility index (Phi) is 3.91. The van der Waals surface area contributed by atoms with Gasteiger partial charge in [0.1, 0.15) is 11.6 Å². The lowest BCUT2D eigenvalue weighted by Gasteiger charge is -2.07. The molecule has 1 aromatic carbocycles. The molecule has 1 heterocycles. The number of rotatable bonds is 4. The van der Waals surface area contributed by atoms with Crippen molar-refractivity contribution >= 4 is 23.2 Å². The van der Waals surface area contributed by atoms with Crippen LogP contribution < -0.4 is 16.6 Å². The number of nitrogens with two attached hydrogens (primary N) is 1. The van der Waals surface area contributed by atoms with E-state index in [0.29, 0.717) is 18.2 Å². The molecule has 2 aromatic rings. The highest BCUT2D eigenvalue weighted by atomic mass is 35.5. The van der Waals surface area contributed by atoms with Crippen LogP contribution in [0.1, 0.15) is 5.56 Å². The van der Waals surface area contributed by atoms with Crippen LogP contribution >= 0.6 is 11.6 Å². The van der Waals surface area contributed by atoms with Crippen LogP contribution in [-0.2, 0) is 6.54 Å². The lowest BCUT2D eigenvalue weighted by Crippen LogP contribution is -2.10. The van der Waals surface area contributed by atoms with Crippen molar-refractivity contribution in [2.24, 2.45) is 5.84 Å². The third kappa shape index (κ3) is 3.06. The van der Waals surface area contributed by atoms with Crippen molar-refractivity contribution in [3.63, 3.8) is 0 Å². The van der Waals surface area contributed by atoms with Crippen molar-refractivity contribution in [2.75, 3.05) is 10.7 Å². The van der Waals surface area contributed by atoms with Crippen molar-refractivity contribution in [3.05, 3.63) is 47.0 Å². The Morgan fingerprint density at radius 3 is 2.78 bits per heavy atom. The van der Waals surface area contributed by atoms with Gasteiger partial charge in [-0.2, -0.15) is 0 Å². The SMILES string of the molecule is NNc1cncc(NCc2ccc(F)c(Cl)c2)n1. The molecular formula is C11H11ClFN5. The Hall–Kier alpha value is -1.92.